The number of aryl methyl sites for hydroxylation is 1. The van der Waals surface area contributed by atoms with E-state index in [9.17, 15) is 9.90 Å². The van der Waals surface area contributed by atoms with Crippen molar-refractivity contribution >= 4 is 5.91 Å². The van der Waals surface area contributed by atoms with E-state index in [-0.39, 0.29) is 24.7 Å². The zero-order valence-electron chi connectivity index (χ0n) is 15.2. The number of carbonyl (C=O) groups excluding carboxylic acids is 1. The maximum atomic E-state index is 12.3. The third kappa shape index (κ3) is 4.51. The highest BCUT2D eigenvalue weighted by Gasteiger charge is 2.32. The Morgan fingerprint density at radius 1 is 1.33 bits per heavy atom. The van der Waals surface area contributed by atoms with Crippen LogP contribution < -0.4 is 5.32 Å². The second kappa shape index (κ2) is 8.14. The SMILES string of the molecule is O=C(N[C@H]1CC[C@@H](CCn2cc(C3CC3)nn2)O[C@H]1CO)c1cccnc1. The Morgan fingerprint density at radius 3 is 2.96 bits per heavy atom. The van der Waals surface area contributed by atoms with E-state index in [1.165, 1.54) is 19.0 Å². The predicted molar refractivity (Wildman–Crippen MR) is 97.1 cm³/mol. The lowest BCUT2D eigenvalue weighted by molar-refractivity contribution is -0.0912. The first-order valence-corrected chi connectivity index (χ1v) is 9.60. The lowest BCUT2D eigenvalue weighted by Gasteiger charge is -2.36. The molecule has 1 saturated carbocycles. The molecule has 1 amide bonds. The molecular formula is C19H25N5O3. The average Bonchev–Trinajstić information content (AvgIpc) is 3.46. The fraction of sp³-hybridized carbons (Fsp3) is 0.579. The monoisotopic (exact) mass is 371 g/mol. The van der Waals surface area contributed by atoms with Gasteiger partial charge in [0.05, 0.1) is 30.0 Å². The zero-order chi connectivity index (χ0) is 18.6. The summed E-state index contributed by atoms with van der Waals surface area (Å²) in [4.78, 5) is 16.3. The number of amides is 1. The van der Waals surface area contributed by atoms with Crippen LogP contribution in [0.4, 0.5) is 0 Å². The highest BCUT2D eigenvalue weighted by molar-refractivity contribution is 5.94. The summed E-state index contributed by atoms with van der Waals surface area (Å²) in [7, 11) is 0. The van der Waals surface area contributed by atoms with Crippen molar-refractivity contribution in [1.82, 2.24) is 25.3 Å². The van der Waals surface area contributed by atoms with Crippen molar-refractivity contribution < 1.29 is 14.6 Å². The quantitative estimate of drug-likeness (QED) is 0.760. The van der Waals surface area contributed by atoms with Crippen molar-refractivity contribution in [3.05, 3.63) is 42.0 Å². The summed E-state index contributed by atoms with van der Waals surface area (Å²) in [5.74, 6) is 0.413. The summed E-state index contributed by atoms with van der Waals surface area (Å²) in [6.45, 7) is 0.624. The van der Waals surface area contributed by atoms with Crippen LogP contribution in [0, 0.1) is 0 Å². The molecule has 2 N–H and O–H groups in total. The normalized spacial score (nSPS) is 25.3. The van der Waals surface area contributed by atoms with Crippen molar-refractivity contribution in [2.45, 2.75) is 62.8 Å². The number of nitrogens with zero attached hydrogens (tertiary/aromatic N) is 4. The molecule has 8 heteroatoms. The van der Waals surface area contributed by atoms with Crippen LogP contribution >= 0.6 is 0 Å². The van der Waals surface area contributed by atoms with E-state index in [2.05, 4.69) is 20.6 Å². The number of hydrogen-bond donors (Lipinski definition) is 2. The van der Waals surface area contributed by atoms with E-state index in [0.717, 1.165) is 31.5 Å². The molecule has 3 heterocycles. The van der Waals surface area contributed by atoms with Crippen LogP contribution in [0.5, 0.6) is 0 Å². The minimum Gasteiger partial charge on any atom is -0.394 e. The second-order valence-electron chi connectivity index (χ2n) is 7.35. The Hall–Kier alpha value is -2.32. The number of hydrogen-bond acceptors (Lipinski definition) is 6. The molecule has 0 aromatic carbocycles. The van der Waals surface area contributed by atoms with Gasteiger partial charge in [-0.05, 0) is 44.2 Å². The third-order valence-electron chi connectivity index (χ3n) is 5.27. The molecular weight excluding hydrogens is 346 g/mol. The zero-order valence-corrected chi connectivity index (χ0v) is 15.2. The smallest absolute Gasteiger partial charge is 0.253 e. The first-order chi connectivity index (χ1) is 13.2. The maximum Gasteiger partial charge on any atom is 0.253 e. The van der Waals surface area contributed by atoms with Gasteiger partial charge in [0, 0.05) is 31.1 Å². The lowest BCUT2D eigenvalue weighted by Crippen LogP contribution is -2.51. The molecule has 27 heavy (non-hydrogen) atoms. The van der Waals surface area contributed by atoms with Gasteiger partial charge >= 0.3 is 0 Å². The van der Waals surface area contributed by atoms with Crippen LogP contribution in [0.15, 0.2) is 30.7 Å². The molecule has 3 atom stereocenters. The van der Waals surface area contributed by atoms with Crippen molar-refractivity contribution in [2.75, 3.05) is 6.61 Å². The van der Waals surface area contributed by atoms with Crippen LogP contribution in [0.25, 0.3) is 0 Å². The predicted octanol–water partition coefficient (Wildman–Crippen LogP) is 1.28. The van der Waals surface area contributed by atoms with Gasteiger partial charge in [-0.15, -0.1) is 5.10 Å². The number of aliphatic hydroxyl groups is 1. The number of aliphatic hydroxyl groups excluding tert-OH is 1. The van der Waals surface area contributed by atoms with Gasteiger partial charge < -0.3 is 15.2 Å². The molecule has 2 fully saturated rings. The number of nitrogens with one attached hydrogen (secondary N) is 1. The Labute approximate surface area is 157 Å². The molecule has 144 valence electrons. The van der Waals surface area contributed by atoms with E-state index in [1.807, 2.05) is 10.9 Å². The van der Waals surface area contributed by atoms with Crippen molar-refractivity contribution in [3.63, 3.8) is 0 Å². The Kier molecular flexibility index (Phi) is 5.45. The first kappa shape index (κ1) is 18.1. The maximum absolute atomic E-state index is 12.3. The molecule has 1 aliphatic carbocycles. The molecule has 8 nitrogen and oxygen atoms in total. The summed E-state index contributed by atoms with van der Waals surface area (Å²) >= 11 is 0. The number of ether oxygens (including phenoxy) is 1. The van der Waals surface area contributed by atoms with Crippen molar-refractivity contribution in [3.8, 4) is 0 Å². The molecule has 0 radical (unpaired) electrons. The fourth-order valence-corrected chi connectivity index (χ4v) is 3.52. The second-order valence-corrected chi connectivity index (χ2v) is 7.35. The van der Waals surface area contributed by atoms with Crippen molar-refractivity contribution in [2.24, 2.45) is 0 Å². The molecule has 0 unspecified atom stereocenters. The Morgan fingerprint density at radius 2 is 2.22 bits per heavy atom. The molecule has 4 rings (SSSR count). The topological polar surface area (TPSA) is 102 Å². The highest BCUT2D eigenvalue weighted by atomic mass is 16.5. The van der Waals surface area contributed by atoms with Gasteiger partial charge in [0.2, 0.25) is 0 Å². The number of carbonyl (C=O) groups is 1. The van der Waals surface area contributed by atoms with Crippen LogP contribution in [-0.4, -0.2) is 55.8 Å². The largest absolute Gasteiger partial charge is 0.394 e. The van der Waals surface area contributed by atoms with Gasteiger partial charge in [-0.25, -0.2) is 0 Å². The first-order valence-electron chi connectivity index (χ1n) is 9.60. The van der Waals surface area contributed by atoms with E-state index in [1.54, 1.807) is 18.3 Å². The minimum atomic E-state index is -0.401. The van der Waals surface area contributed by atoms with Gasteiger partial charge in [-0.3, -0.25) is 14.5 Å². The van der Waals surface area contributed by atoms with E-state index in [0.29, 0.717) is 11.5 Å². The van der Waals surface area contributed by atoms with Gasteiger partial charge in [0.15, 0.2) is 0 Å². The molecule has 0 bridgehead atoms. The minimum absolute atomic E-state index is 0.0438. The summed E-state index contributed by atoms with van der Waals surface area (Å²) in [6.07, 6.45) is 9.68. The summed E-state index contributed by atoms with van der Waals surface area (Å²) in [5.41, 5.74) is 1.60. The Balaban J connectivity index is 1.27. The van der Waals surface area contributed by atoms with Crippen LogP contribution in [-0.2, 0) is 11.3 Å². The van der Waals surface area contributed by atoms with E-state index >= 15 is 0 Å². The standard InChI is InChI=1S/C19H25N5O3/c25-12-18-16(21-19(26)14-2-1-8-20-10-14)6-5-15(27-18)7-9-24-11-17(22-23-24)13-3-4-13/h1-2,8,10-11,13,15-16,18,25H,3-7,9,12H2,(H,21,26)/t15-,16-,18-/m0/s1. The highest BCUT2D eigenvalue weighted by Crippen LogP contribution is 2.38. The molecule has 2 aliphatic rings. The lowest BCUT2D eigenvalue weighted by atomic mass is 9.97. The summed E-state index contributed by atoms with van der Waals surface area (Å²) in [6, 6.07) is 3.24. The van der Waals surface area contributed by atoms with E-state index < -0.39 is 6.10 Å². The fourth-order valence-electron chi connectivity index (χ4n) is 3.52. The third-order valence-corrected chi connectivity index (χ3v) is 5.27. The van der Waals surface area contributed by atoms with Crippen LogP contribution in [0.2, 0.25) is 0 Å². The summed E-state index contributed by atoms with van der Waals surface area (Å²) < 4.78 is 7.91. The van der Waals surface area contributed by atoms with Gasteiger partial charge in [-0.1, -0.05) is 5.21 Å². The average molecular weight is 371 g/mol. The number of pyridine rings is 1. The van der Waals surface area contributed by atoms with Gasteiger partial charge in [0.1, 0.15) is 6.10 Å². The summed E-state index contributed by atoms with van der Waals surface area (Å²) in [5, 5.41) is 21.1. The van der Waals surface area contributed by atoms with Gasteiger partial charge in [-0.2, -0.15) is 0 Å². The van der Waals surface area contributed by atoms with Gasteiger partial charge in [0.25, 0.3) is 5.91 Å². The molecule has 1 aliphatic heterocycles. The molecule has 2 aromatic rings. The molecule has 0 spiro atoms. The molecule has 1 saturated heterocycles. The Bertz CT molecular complexity index is 762. The van der Waals surface area contributed by atoms with E-state index in [4.69, 9.17) is 4.74 Å². The number of rotatable bonds is 7. The molecule has 2 aromatic heterocycles. The van der Waals surface area contributed by atoms with Crippen molar-refractivity contribution in [1.29, 1.82) is 0 Å². The number of aromatic nitrogens is 4. The van der Waals surface area contributed by atoms with Crippen LogP contribution in [0.3, 0.4) is 0 Å². The van der Waals surface area contributed by atoms with Crippen LogP contribution in [0.1, 0.15) is 54.1 Å².